The summed E-state index contributed by atoms with van der Waals surface area (Å²) in [7, 11) is 0. The Morgan fingerprint density at radius 3 is 2.92 bits per heavy atom. The van der Waals surface area contributed by atoms with Gasteiger partial charge in [0.1, 0.15) is 4.88 Å². The van der Waals surface area contributed by atoms with Crippen LogP contribution in [0.25, 0.3) is 0 Å². The van der Waals surface area contributed by atoms with Crippen molar-refractivity contribution in [2.45, 2.75) is 13.8 Å². The summed E-state index contributed by atoms with van der Waals surface area (Å²) >= 11 is 1.30. The summed E-state index contributed by atoms with van der Waals surface area (Å²) in [6, 6.07) is 1.76. The van der Waals surface area contributed by atoms with Crippen LogP contribution < -0.4 is 0 Å². The number of thiophene rings is 1. The van der Waals surface area contributed by atoms with Crippen LogP contribution in [-0.2, 0) is 4.74 Å². The molecule has 0 saturated heterocycles. The first-order valence-electron chi connectivity index (χ1n) is 3.93. The van der Waals surface area contributed by atoms with E-state index in [2.05, 4.69) is 5.92 Å². The van der Waals surface area contributed by atoms with Crippen LogP contribution in [0.3, 0.4) is 0 Å². The first-order chi connectivity index (χ1) is 6.19. The highest BCUT2D eigenvalue weighted by Gasteiger charge is 2.11. The summed E-state index contributed by atoms with van der Waals surface area (Å²) in [6.45, 7) is 4.05. The fraction of sp³-hybridized carbons (Fsp3) is 0.300. The molecule has 0 fully saturated rings. The Morgan fingerprint density at radius 1 is 1.77 bits per heavy atom. The molecule has 13 heavy (non-hydrogen) atoms. The van der Waals surface area contributed by atoms with Gasteiger partial charge in [0.25, 0.3) is 0 Å². The molecule has 0 bridgehead atoms. The molecule has 0 N–H and O–H groups in total. The zero-order valence-corrected chi connectivity index (χ0v) is 8.40. The predicted molar refractivity (Wildman–Crippen MR) is 52.9 cm³/mol. The molecular weight excluding hydrogens is 184 g/mol. The van der Waals surface area contributed by atoms with E-state index in [0.29, 0.717) is 11.5 Å². The largest absolute Gasteiger partial charge is 0.462 e. The second kappa shape index (κ2) is 4.11. The number of carbonyl (C=O) groups is 1. The van der Waals surface area contributed by atoms with E-state index in [0.717, 1.165) is 10.4 Å². The van der Waals surface area contributed by atoms with Gasteiger partial charge in [0.2, 0.25) is 0 Å². The van der Waals surface area contributed by atoms with Crippen molar-refractivity contribution in [2.24, 2.45) is 0 Å². The van der Waals surface area contributed by atoms with Crippen molar-refractivity contribution in [3.05, 3.63) is 21.4 Å². The van der Waals surface area contributed by atoms with E-state index < -0.39 is 0 Å². The first kappa shape index (κ1) is 9.82. The summed E-state index contributed by atoms with van der Waals surface area (Å²) < 4.78 is 4.84. The van der Waals surface area contributed by atoms with Gasteiger partial charge in [-0.3, -0.25) is 0 Å². The van der Waals surface area contributed by atoms with Crippen LogP contribution in [0.1, 0.15) is 27.0 Å². The third kappa shape index (κ3) is 2.10. The Balaban J connectivity index is 2.92. The number of carbonyl (C=O) groups excluding carboxylic acids is 1. The predicted octanol–water partition coefficient (Wildman–Crippen LogP) is 2.21. The molecule has 0 spiro atoms. The van der Waals surface area contributed by atoms with Gasteiger partial charge in [-0.05, 0) is 25.5 Å². The minimum atomic E-state index is -0.294. The molecule has 0 saturated carbocycles. The van der Waals surface area contributed by atoms with Crippen LogP contribution in [0.4, 0.5) is 0 Å². The molecular formula is C10H10O2S. The molecule has 0 unspecified atom stereocenters. The number of hydrogen-bond donors (Lipinski definition) is 0. The molecule has 0 aliphatic heterocycles. The standard InChI is InChI=1S/C10H10O2S/c1-4-8-7(3)6-9(13-8)10(11)12-5-2/h1,6H,5H2,2-3H3. The van der Waals surface area contributed by atoms with Crippen molar-refractivity contribution >= 4 is 17.3 Å². The van der Waals surface area contributed by atoms with E-state index in [-0.39, 0.29) is 5.97 Å². The lowest BCUT2D eigenvalue weighted by Gasteiger charge is -1.95. The molecule has 68 valence electrons. The van der Waals surface area contributed by atoms with E-state index in [1.54, 1.807) is 13.0 Å². The fourth-order valence-electron chi connectivity index (χ4n) is 0.928. The second-order valence-corrected chi connectivity index (χ2v) is 3.54. The van der Waals surface area contributed by atoms with Crippen molar-refractivity contribution in [3.8, 4) is 12.3 Å². The maximum absolute atomic E-state index is 11.2. The van der Waals surface area contributed by atoms with Crippen LogP contribution in [0.15, 0.2) is 6.07 Å². The monoisotopic (exact) mass is 194 g/mol. The van der Waals surface area contributed by atoms with Crippen LogP contribution in [-0.4, -0.2) is 12.6 Å². The zero-order chi connectivity index (χ0) is 9.84. The summed E-state index contributed by atoms with van der Waals surface area (Å²) in [5, 5.41) is 0. The minimum absolute atomic E-state index is 0.294. The Kier molecular flexibility index (Phi) is 3.10. The maximum Gasteiger partial charge on any atom is 0.348 e. The van der Waals surface area contributed by atoms with Crippen molar-refractivity contribution in [2.75, 3.05) is 6.61 Å². The lowest BCUT2D eigenvalue weighted by atomic mass is 10.3. The molecule has 0 atom stereocenters. The molecule has 0 aliphatic carbocycles. The topological polar surface area (TPSA) is 26.3 Å². The van der Waals surface area contributed by atoms with Crippen molar-refractivity contribution < 1.29 is 9.53 Å². The second-order valence-electron chi connectivity index (χ2n) is 2.49. The molecule has 0 aromatic carbocycles. The lowest BCUT2D eigenvalue weighted by molar-refractivity contribution is 0.0532. The summed E-state index contributed by atoms with van der Waals surface area (Å²) in [5.41, 5.74) is 0.954. The first-order valence-corrected chi connectivity index (χ1v) is 4.74. The van der Waals surface area contributed by atoms with Crippen molar-refractivity contribution in [1.29, 1.82) is 0 Å². The van der Waals surface area contributed by atoms with Gasteiger partial charge in [0.15, 0.2) is 0 Å². The van der Waals surface area contributed by atoms with E-state index in [1.807, 2.05) is 6.92 Å². The Hall–Kier alpha value is -1.27. The van der Waals surface area contributed by atoms with Gasteiger partial charge in [-0.15, -0.1) is 17.8 Å². The van der Waals surface area contributed by atoms with Gasteiger partial charge >= 0.3 is 5.97 Å². The fourth-order valence-corrected chi connectivity index (χ4v) is 1.80. The molecule has 2 nitrogen and oxygen atoms in total. The van der Waals surface area contributed by atoms with Gasteiger partial charge < -0.3 is 4.74 Å². The van der Waals surface area contributed by atoms with E-state index in [9.17, 15) is 4.79 Å². The van der Waals surface area contributed by atoms with Gasteiger partial charge in [0, 0.05) is 0 Å². The van der Waals surface area contributed by atoms with Crippen LogP contribution in [0.5, 0.6) is 0 Å². The van der Waals surface area contributed by atoms with Gasteiger partial charge in [-0.1, -0.05) is 5.92 Å². The molecule has 0 amide bonds. The SMILES string of the molecule is C#Cc1sc(C(=O)OCC)cc1C. The molecule has 0 radical (unpaired) electrons. The molecule has 0 aliphatic rings. The zero-order valence-electron chi connectivity index (χ0n) is 7.59. The molecule has 1 aromatic heterocycles. The van der Waals surface area contributed by atoms with Gasteiger partial charge in [-0.25, -0.2) is 4.79 Å². The minimum Gasteiger partial charge on any atom is -0.462 e. The highest BCUT2D eigenvalue weighted by Crippen LogP contribution is 2.21. The number of terminal acetylenes is 1. The highest BCUT2D eigenvalue weighted by atomic mass is 32.1. The third-order valence-electron chi connectivity index (χ3n) is 1.53. The Bertz CT molecular complexity index is 357. The van der Waals surface area contributed by atoms with Gasteiger partial charge in [-0.2, -0.15) is 0 Å². The number of esters is 1. The summed E-state index contributed by atoms with van der Waals surface area (Å²) in [5.74, 6) is 2.23. The quantitative estimate of drug-likeness (QED) is 0.533. The molecule has 3 heteroatoms. The van der Waals surface area contributed by atoms with Crippen LogP contribution in [0, 0.1) is 19.3 Å². The highest BCUT2D eigenvalue weighted by molar-refractivity contribution is 7.14. The van der Waals surface area contributed by atoms with E-state index in [1.165, 1.54) is 11.3 Å². The normalized spacial score (nSPS) is 9.31. The van der Waals surface area contributed by atoms with E-state index in [4.69, 9.17) is 11.2 Å². The van der Waals surface area contributed by atoms with Crippen LogP contribution in [0.2, 0.25) is 0 Å². The van der Waals surface area contributed by atoms with E-state index >= 15 is 0 Å². The third-order valence-corrected chi connectivity index (χ3v) is 2.67. The van der Waals surface area contributed by atoms with Crippen LogP contribution >= 0.6 is 11.3 Å². The smallest absolute Gasteiger partial charge is 0.348 e. The maximum atomic E-state index is 11.2. The van der Waals surface area contributed by atoms with Crippen molar-refractivity contribution in [3.63, 3.8) is 0 Å². The summed E-state index contributed by atoms with van der Waals surface area (Å²) in [4.78, 5) is 12.6. The number of rotatable bonds is 2. The van der Waals surface area contributed by atoms with Crippen molar-refractivity contribution in [1.82, 2.24) is 0 Å². The number of ether oxygens (including phenoxy) is 1. The molecule has 1 aromatic rings. The average molecular weight is 194 g/mol. The lowest BCUT2D eigenvalue weighted by Crippen LogP contribution is -2.01. The number of hydrogen-bond acceptors (Lipinski definition) is 3. The van der Waals surface area contributed by atoms with Gasteiger partial charge in [0.05, 0.1) is 11.5 Å². The Morgan fingerprint density at radius 2 is 2.46 bits per heavy atom. The number of aryl methyl sites for hydroxylation is 1. The average Bonchev–Trinajstić information content (AvgIpc) is 2.47. The molecule has 1 heterocycles. The Labute approximate surface area is 81.5 Å². The molecule has 1 rings (SSSR count). The summed E-state index contributed by atoms with van der Waals surface area (Å²) in [6.07, 6.45) is 5.25.